The van der Waals surface area contributed by atoms with Gasteiger partial charge < -0.3 is 20.6 Å². The van der Waals surface area contributed by atoms with Crippen molar-refractivity contribution >= 4 is 29.5 Å². The zero-order valence-electron chi connectivity index (χ0n) is 23.3. The Morgan fingerprint density at radius 2 is 1.78 bits per heavy atom. The Balaban J connectivity index is 1.55. The molecule has 3 N–H and O–H groups in total. The highest BCUT2D eigenvalue weighted by Crippen LogP contribution is 2.40. The van der Waals surface area contributed by atoms with Gasteiger partial charge in [-0.25, -0.2) is 0 Å². The van der Waals surface area contributed by atoms with Gasteiger partial charge in [0.1, 0.15) is 6.04 Å². The van der Waals surface area contributed by atoms with Gasteiger partial charge in [0.05, 0.1) is 23.6 Å². The fourth-order valence-corrected chi connectivity index (χ4v) is 6.07. The Bertz CT molecular complexity index is 1450. The number of thioether (sulfide) groups is 1. The van der Waals surface area contributed by atoms with E-state index in [4.69, 9.17) is 0 Å². The summed E-state index contributed by atoms with van der Waals surface area (Å²) >= 11 is 1.46. The average Bonchev–Trinajstić information content (AvgIpc) is 3.30. The normalized spacial score (nSPS) is 17.2. The molecule has 41 heavy (non-hydrogen) atoms. The molecule has 3 aromatic rings. The molecule has 0 spiro atoms. The van der Waals surface area contributed by atoms with Crippen molar-refractivity contribution in [2.24, 2.45) is 0 Å². The highest BCUT2D eigenvalue weighted by Gasteiger charge is 2.49. The van der Waals surface area contributed by atoms with E-state index in [0.29, 0.717) is 12.1 Å². The number of carbonyl (C=O) groups excluding carboxylic acids is 3. The number of nitrogens with one attached hydrogen (secondary N) is 2. The van der Waals surface area contributed by atoms with Crippen LogP contribution in [0, 0.1) is 18.3 Å². The number of nitriles is 1. The van der Waals surface area contributed by atoms with Crippen LogP contribution in [0.5, 0.6) is 0 Å². The first-order chi connectivity index (χ1) is 19.6. The number of aliphatic hydroxyl groups excluding tert-OH is 1. The van der Waals surface area contributed by atoms with Gasteiger partial charge in [0, 0.05) is 16.9 Å². The van der Waals surface area contributed by atoms with Crippen molar-refractivity contribution in [2.75, 3.05) is 5.88 Å². The Morgan fingerprint density at radius 1 is 1.07 bits per heavy atom. The Morgan fingerprint density at radius 3 is 2.49 bits per heavy atom. The second-order valence-electron chi connectivity index (χ2n) is 10.6. The van der Waals surface area contributed by atoms with Gasteiger partial charge in [-0.05, 0) is 62.1 Å². The maximum absolute atomic E-state index is 13.8. The van der Waals surface area contributed by atoms with Crippen molar-refractivity contribution in [3.63, 3.8) is 0 Å². The Labute approximate surface area is 244 Å². The maximum atomic E-state index is 13.8. The van der Waals surface area contributed by atoms with Crippen molar-refractivity contribution in [1.29, 1.82) is 5.26 Å². The largest absolute Gasteiger partial charge is 0.381 e. The molecule has 3 unspecified atom stereocenters. The standard InChI is InChI=1S/C32H34N4O4S/c1-21-10-7-8-14-25(21)19-34-30(39)28-32(2,3)41-20-36(28)31(40)27(37)26(17-22-11-5-4-6-12-22)35-29(38)24-15-9-13-23(16-24)18-33/h4-16,26-28,37H,17,19-20H2,1-3H3,(H,34,39)(H,35,38). The summed E-state index contributed by atoms with van der Waals surface area (Å²) in [5.41, 5.74) is 3.42. The van der Waals surface area contributed by atoms with Gasteiger partial charge in [0.25, 0.3) is 11.8 Å². The van der Waals surface area contributed by atoms with E-state index in [-0.39, 0.29) is 23.8 Å². The predicted octanol–water partition coefficient (Wildman–Crippen LogP) is 3.57. The number of aliphatic hydroxyl groups is 1. The van der Waals surface area contributed by atoms with Gasteiger partial charge in [-0.3, -0.25) is 14.4 Å². The van der Waals surface area contributed by atoms with Crippen LogP contribution in [0.15, 0.2) is 78.9 Å². The number of nitrogens with zero attached hydrogens (tertiary/aromatic N) is 2. The second-order valence-corrected chi connectivity index (χ2v) is 12.2. The van der Waals surface area contributed by atoms with Crippen LogP contribution >= 0.6 is 11.8 Å². The summed E-state index contributed by atoms with van der Waals surface area (Å²) in [6.45, 7) is 6.10. The molecule has 0 aliphatic carbocycles. The molecule has 0 radical (unpaired) electrons. The quantitative estimate of drug-likeness (QED) is 0.362. The van der Waals surface area contributed by atoms with E-state index >= 15 is 0 Å². The lowest BCUT2D eigenvalue weighted by Gasteiger charge is -2.33. The van der Waals surface area contributed by atoms with Crippen LogP contribution < -0.4 is 10.6 Å². The SMILES string of the molecule is Cc1ccccc1CNC(=O)C1N(C(=O)C(O)C(Cc2ccccc2)NC(=O)c2cccc(C#N)c2)CSC1(C)C. The first kappa shape index (κ1) is 29.8. The molecule has 0 bridgehead atoms. The van der Waals surface area contributed by atoms with Crippen LogP contribution in [0.4, 0.5) is 0 Å². The van der Waals surface area contributed by atoms with Gasteiger partial charge in [-0.2, -0.15) is 5.26 Å². The van der Waals surface area contributed by atoms with Crippen molar-refractivity contribution in [2.45, 2.75) is 56.7 Å². The number of aryl methyl sites for hydroxylation is 1. The van der Waals surface area contributed by atoms with Gasteiger partial charge in [-0.15, -0.1) is 11.8 Å². The molecule has 3 aromatic carbocycles. The van der Waals surface area contributed by atoms with E-state index in [9.17, 15) is 24.8 Å². The Kier molecular flexibility index (Phi) is 9.48. The first-order valence-electron chi connectivity index (χ1n) is 13.4. The minimum Gasteiger partial charge on any atom is -0.381 e. The fraction of sp³-hybridized carbons (Fsp3) is 0.312. The monoisotopic (exact) mass is 570 g/mol. The molecule has 1 fully saturated rings. The minimum atomic E-state index is -1.61. The van der Waals surface area contributed by atoms with E-state index in [1.54, 1.807) is 18.2 Å². The minimum absolute atomic E-state index is 0.186. The van der Waals surface area contributed by atoms with Crippen LogP contribution in [-0.4, -0.2) is 56.5 Å². The maximum Gasteiger partial charge on any atom is 0.254 e. The van der Waals surface area contributed by atoms with Crippen LogP contribution in [0.1, 0.15) is 46.5 Å². The summed E-state index contributed by atoms with van der Waals surface area (Å²) in [6, 6.07) is 23.4. The average molecular weight is 571 g/mol. The van der Waals surface area contributed by atoms with Crippen LogP contribution in [0.25, 0.3) is 0 Å². The number of rotatable bonds is 9. The number of amides is 3. The molecular formula is C32H34N4O4S. The second kappa shape index (κ2) is 13.0. The summed E-state index contributed by atoms with van der Waals surface area (Å²) in [5, 5.41) is 26.4. The number of carbonyl (C=O) groups is 3. The molecule has 4 rings (SSSR count). The van der Waals surface area contributed by atoms with Gasteiger partial charge in [0.15, 0.2) is 6.10 Å². The molecular weight excluding hydrogens is 536 g/mol. The molecule has 0 aromatic heterocycles. The lowest BCUT2D eigenvalue weighted by molar-refractivity contribution is -0.147. The van der Waals surface area contributed by atoms with Crippen LogP contribution in [0.3, 0.4) is 0 Å². The van der Waals surface area contributed by atoms with E-state index in [0.717, 1.165) is 16.7 Å². The molecule has 1 heterocycles. The van der Waals surface area contributed by atoms with Crippen molar-refractivity contribution in [3.05, 3.63) is 107 Å². The third-order valence-corrected chi connectivity index (χ3v) is 8.67. The van der Waals surface area contributed by atoms with Crippen molar-refractivity contribution in [1.82, 2.24) is 15.5 Å². The first-order valence-corrected chi connectivity index (χ1v) is 14.4. The van der Waals surface area contributed by atoms with Crippen molar-refractivity contribution < 1.29 is 19.5 Å². The predicted molar refractivity (Wildman–Crippen MR) is 159 cm³/mol. The smallest absolute Gasteiger partial charge is 0.254 e. The Hall–Kier alpha value is -4.13. The highest BCUT2D eigenvalue weighted by atomic mass is 32.2. The van der Waals surface area contributed by atoms with Gasteiger partial charge >= 0.3 is 0 Å². The molecule has 3 amide bonds. The van der Waals surface area contributed by atoms with Crippen LogP contribution in [-0.2, 0) is 22.6 Å². The number of hydrogen-bond acceptors (Lipinski definition) is 6. The molecule has 1 aliphatic rings. The fourth-order valence-electron chi connectivity index (χ4n) is 4.93. The molecule has 9 heteroatoms. The topological polar surface area (TPSA) is 123 Å². The molecule has 1 saturated heterocycles. The molecule has 1 aliphatic heterocycles. The third-order valence-electron chi connectivity index (χ3n) is 7.29. The summed E-state index contributed by atoms with van der Waals surface area (Å²) < 4.78 is -0.596. The lowest BCUT2D eigenvalue weighted by atomic mass is 9.96. The molecule has 8 nitrogen and oxygen atoms in total. The summed E-state index contributed by atoms with van der Waals surface area (Å²) in [4.78, 5) is 41.9. The van der Waals surface area contributed by atoms with Gasteiger partial charge in [-0.1, -0.05) is 60.7 Å². The van der Waals surface area contributed by atoms with E-state index < -0.39 is 34.7 Å². The highest BCUT2D eigenvalue weighted by molar-refractivity contribution is 8.00. The third kappa shape index (κ3) is 7.15. The van der Waals surface area contributed by atoms with E-state index in [2.05, 4.69) is 10.6 Å². The van der Waals surface area contributed by atoms with Gasteiger partial charge in [0.2, 0.25) is 5.91 Å². The zero-order valence-corrected chi connectivity index (χ0v) is 24.2. The van der Waals surface area contributed by atoms with E-state index in [1.807, 2.05) is 81.4 Å². The van der Waals surface area contributed by atoms with Crippen LogP contribution in [0.2, 0.25) is 0 Å². The van der Waals surface area contributed by atoms with Crippen molar-refractivity contribution in [3.8, 4) is 6.07 Å². The summed E-state index contributed by atoms with van der Waals surface area (Å²) in [6.07, 6.45) is -1.43. The van der Waals surface area contributed by atoms with E-state index in [1.165, 1.54) is 22.7 Å². The molecule has 0 saturated carbocycles. The molecule has 3 atom stereocenters. The summed E-state index contributed by atoms with van der Waals surface area (Å²) in [5.74, 6) is -1.23. The molecule has 212 valence electrons. The number of benzene rings is 3. The lowest BCUT2D eigenvalue weighted by Crippen LogP contribution is -2.58. The number of hydrogen-bond donors (Lipinski definition) is 3. The summed E-state index contributed by atoms with van der Waals surface area (Å²) in [7, 11) is 0. The zero-order chi connectivity index (χ0) is 29.6.